The number of nitrogens with zero attached hydrogens (tertiary/aromatic N) is 3. The summed E-state index contributed by atoms with van der Waals surface area (Å²) in [6, 6.07) is 22.1. The van der Waals surface area contributed by atoms with E-state index in [9.17, 15) is 12.8 Å². The lowest BCUT2D eigenvalue weighted by molar-refractivity contribution is 0.441. The lowest BCUT2D eigenvalue weighted by atomic mass is 9.91. The van der Waals surface area contributed by atoms with Gasteiger partial charge in [-0.1, -0.05) is 66.9 Å². The second kappa shape index (κ2) is 10.4. The SMILES string of the molecule is O=S(=O)(/N=C(/NC1CCCC1)N1C[C@H](c2ccccc2)C(c2ccc(F)cc2)=N1)c1ccc(Cl)cc1. The van der Waals surface area contributed by atoms with Crippen LogP contribution in [0.25, 0.3) is 0 Å². The van der Waals surface area contributed by atoms with Gasteiger partial charge >= 0.3 is 0 Å². The first-order valence-corrected chi connectivity index (χ1v) is 13.7. The van der Waals surface area contributed by atoms with E-state index in [0.717, 1.165) is 42.5 Å². The third-order valence-electron chi connectivity index (χ3n) is 6.51. The first-order chi connectivity index (χ1) is 17.4. The molecule has 3 aromatic rings. The molecule has 36 heavy (non-hydrogen) atoms. The fourth-order valence-electron chi connectivity index (χ4n) is 4.64. The van der Waals surface area contributed by atoms with Crippen molar-refractivity contribution in [3.05, 3.63) is 101 Å². The van der Waals surface area contributed by atoms with Crippen molar-refractivity contribution in [2.75, 3.05) is 6.54 Å². The Balaban J connectivity index is 1.56. The first-order valence-electron chi connectivity index (χ1n) is 11.9. The summed E-state index contributed by atoms with van der Waals surface area (Å²) in [6.07, 6.45) is 4.02. The largest absolute Gasteiger partial charge is 0.351 e. The minimum atomic E-state index is -4.02. The van der Waals surface area contributed by atoms with Gasteiger partial charge in [0.2, 0.25) is 5.96 Å². The highest BCUT2D eigenvalue weighted by atomic mass is 35.5. The molecular weight excluding hydrogens is 499 g/mol. The summed E-state index contributed by atoms with van der Waals surface area (Å²) in [6.45, 7) is 0.394. The van der Waals surface area contributed by atoms with Crippen LogP contribution >= 0.6 is 11.6 Å². The normalized spacial score (nSPS) is 18.9. The lowest BCUT2D eigenvalue weighted by Gasteiger charge is -2.22. The van der Waals surface area contributed by atoms with Crippen molar-refractivity contribution in [1.82, 2.24) is 10.3 Å². The third-order valence-corrected chi connectivity index (χ3v) is 8.04. The van der Waals surface area contributed by atoms with Crippen LogP contribution < -0.4 is 5.32 Å². The molecule has 5 rings (SSSR count). The van der Waals surface area contributed by atoms with E-state index in [4.69, 9.17) is 16.7 Å². The van der Waals surface area contributed by atoms with Crippen LogP contribution in [-0.2, 0) is 10.0 Å². The summed E-state index contributed by atoms with van der Waals surface area (Å²) in [7, 11) is -4.02. The maximum absolute atomic E-state index is 13.6. The molecule has 0 amide bonds. The van der Waals surface area contributed by atoms with Crippen molar-refractivity contribution in [1.29, 1.82) is 0 Å². The second-order valence-electron chi connectivity index (χ2n) is 9.01. The van der Waals surface area contributed by atoms with Crippen LogP contribution in [0.3, 0.4) is 0 Å². The van der Waals surface area contributed by atoms with Gasteiger partial charge in [-0.2, -0.15) is 13.5 Å². The molecule has 2 aliphatic rings. The van der Waals surface area contributed by atoms with Crippen LogP contribution in [-0.4, -0.2) is 37.7 Å². The third kappa shape index (κ3) is 5.44. The van der Waals surface area contributed by atoms with Gasteiger partial charge < -0.3 is 5.32 Å². The van der Waals surface area contributed by atoms with Crippen molar-refractivity contribution < 1.29 is 12.8 Å². The van der Waals surface area contributed by atoms with E-state index in [0.29, 0.717) is 11.6 Å². The van der Waals surface area contributed by atoms with Crippen LogP contribution in [0.5, 0.6) is 0 Å². The van der Waals surface area contributed by atoms with Gasteiger partial charge in [0.05, 0.1) is 17.2 Å². The summed E-state index contributed by atoms with van der Waals surface area (Å²) >= 11 is 5.95. The van der Waals surface area contributed by atoms with E-state index in [2.05, 4.69) is 9.71 Å². The Hall–Kier alpha value is -3.23. The zero-order chi connectivity index (χ0) is 25.1. The molecule has 6 nitrogen and oxygen atoms in total. The summed E-state index contributed by atoms with van der Waals surface area (Å²) in [5.41, 5.74) is 2.53. The highest BCUT2D eigenvalue weighted by molar-refractivity contribution is 7.90. The van der Waals surface area contributed by atoms with E-state index >= 15 is 0 Å². The molecule has 3 aromatic carbocycles. The van der Waals surface area contributed by atoms with Gasteiger partial charge in [-0.05, 0) is 60.4 Å². The maximum atomic E-state index is 13.6. The Bertz CT molecular complexity index is 1370. The van der Waals surface area contributed by atoms with E-state index in [-0.39, 0.29) is 28.6 Å². The number of nitrogens with one attached hydrogen (secondary N) is 1. The highest BCUT2D eigenvalue weighted by Gasteiger charge is 2.33. The van der Waals surface area contributed by atoms with Crippen LogP contribution in [0.2, 0.25) is 5.02 Å². The molecule has 1 aliphatic carbocycles. The predicted octanol–water partition coefficient (Wildman–Crippen LogP) is 5.56. The number of hydrogen-bond acceptors (Lipinski definition) is 3. The van der Waals surface area contributed by atoms with E-state index < -0.39 is 10.0 Å². The molecule has 1 saturated carbocycles. The smallest absolute Gasteiger partial charge is 0.285 e. The second-order valence-corrected chi connectivity index (χ2v) is 11.0. The van der Waals surface area contributed by atoms with Gasteiger partial charge in [0.1, 0.15) is 5.82 Å². The molecule has 1 atom stereocenters. The van der Waals surface area contributed by atoms with E-state index in [1.165, 1.54) is 36.4 Å². The van der Waals surface area contributed by atoms with Gasteiger partial charge in [0.15, 0.2) is 0 Å². The van der Waals surface area contributed by atoms with Gasteiger partial charge in [0.25, 0.3) is 10.0 Å². The van der Waals surface area contributed by atoms with Crippen LogP contribution in [0.1, 0.15) is 42.7 Å². The topological polar surface area (TPSA) is 74.1 Å². The Labute approximate surface area is 215 Å². The zero-order valence-electron chi connectivity index (χ0n) is 19.5. The minimum absolute atomic E-state index is 0.0548. The quantitative estimate of drug-likeness (QED) is 0.350. The van der Waals surface area contributed by atoms with Crippen LogP contribution in [0.15, 0.2) is 93.3 Å². The first kappa shape index (κ1) is 24.5. The van der Waals surface area contributed by atoms with Crippen molar-refractivity contribution in [2.24, 2.45) is 9.50 Å². The van der Waals surface area contributed by atoms with Gasteiger partial charge in [-0.3, -0.25) is 0 Å². The molecule has 0 radical (unpaired) electrons. The highest BCUT2D eigenvalue weighted by Crippen LogP contribution is 2.30. The van der Waals surface area contributed by atoms with Crippen molar-refractivity contribution in [3.63, 3.8) is 0 Å². The van der Waals surface area contributed by atoms with Gasteiger partial charge in [-0.25, -0.2) is 9.40 Å². The Morgan fingerprint density at radius 2 is 1.64 bits per heavy atom. The van der Waals surface area contributed by atoms with E-state index in [1.54, 1.807) is 17.1 Å². The molecule has 0 saturated heterocycles. The summed E-state index contributed by atoms with van der Waals surface area (Å²) in [5, 5.41) is 10.3. The monoisotopic (exact) mass is 524 g/mol. The number of sulfonamides is 1. The number of hydrogen-bond donors (Lipinski definition) is 1. The standard InChI is InChI=1S/C27H26ClFN4O2S/c28-21-12-16-24(17-13-21)36(34,35)32-27(30-23-8-4-5-9-23)33-18-25(19-6-2-1-3-7-19)26(31-33)20-10-14-22(29)15-11-20/h1-3,6-7,10-17,23,25H,4-5,8-9,18H2,(H,30,32)/t25-/m1/s1. The Kier molecular flexibility index (Phi) is 7.07. The van der Waals surface area contributed by atoms with Crippen LogP contribution in [0, 0.1) is 5.82 Å². The number of guanidine groups is 1. The molecular formula is C27H26ClFN4O2S. The fourth-order valence-corrected chi connectivity index (χ4v) is 5.72. The average molecular weight is 525 g/mol. The zero-order valence-corrected chi connectivity index (χ0v) is 21.1. The summed E-state index contributed by atoms with van der Waals surface area (Å²) < 4.78 is 44.3. The molecule has 1 heterocycles. The summed E-state index contributed by atoms with van der Waals surface area (Å²) in [5.74, 6) is -0.287. The Morgan fingerprint density at radius 1 is 0.972 bits per heavy atom. The number of benzene rings is 3. The molecule has 0 spiro atoms. The average Bonchev–Trinajstić information content (AvgIpc) is 3.55. The molecule has 9 heteroatoms. The molecule has 0 aromatic heterocycles. The van der Waals surface area contributed by atoms with Crippen molar-refractivity contribution in [3.8, 4) is 0 Å². The van der Waals surface area contributed by atoms with Gasteiger partial charge in [0, 0.05) is 17.0 Å². The predicted molar refractivity (Wildman–Crippen MR) is 140 cm³/mol. The molecule has 1 N–H and O–H groups in total. The molecule has 0 unspecified atom stereocenters. The number of halogens is 2. The number of rotatable bonds is 5. The maximum Gasteiger partial charge on any atom is 0.285 e. The molecule has 0 bridgehead atoms. The molecule has 186 valence electrons. The summed E-state index contributed by atoms with van der Waals surface area (Å²) in [4.78, 5) is 0.0548. The van der Waals surface area contributed by atoms with Crippen molar-refractivity contribution in [2.45, 2.75) is 42.5 Å². The molecule has 1 fully saturated rings. The van der Waals surface area contributed by atoms with Crippen LogP contribution in [0.4, 0.5) is 4.39 Å². The lowest BCUT2D eigenvalue weighted by Crippen LogP contribution is -2.43. The molecule has 1 aliphatic heterocycles. The Morgan fingerprint density at radius 3 is 2.31 bits per heavy atom. The fraction of sp³-hybridized carbons (Fsp3) is 0.259. The van der Waals surface area contributed by atoms with Gasteiger partial charge in [-0.15, -0.1) is 4.40 Å². The van der Waals surface area contributed by atoms with Crippen molar-refractivity contribution >= 4 is 33.3 Å². The van der Waals surface area contributed by atoms with E-state index in [1.807, 2.05) is 30.3 Å². The number of hydrazone groups is 1. The minimum Gasteiger partial charge on any atom is -0.351 e.